The number of halogens is 1. The van der Waals surface area contributed by atoms with Crippen LogP contribution >= 0.6 is 15.9 Å². The van der Waals surface area contributed by atoms with Gasteiger partial charge in [0.2, 0.25) is 5.95 Å². The molecule has 0 fully saturated rings. The van der Waals surface area contributed by atoms with Gasteiger partial charge in [-0.1, -0.05) is 6.92 Å². The lowest BCUT2D eigenvalue weighted by Crippen LogP contribution is -2.37. The van der Waals surface area contributed by atoms with Gasteiger partial charge in [0.25, 0.3) is 0 Å². The third-order valence-electron chi connectivity index (χ3n) is 2.01. The Bertz CT molecular complexity index is 273. The molecule has 0 aliphatic carbocycles. The minimum atomic E-state index is 0.0900. The number of hydrogen-bond donors (Lipinski definition) is 2. The van der Waals surface area contributed by atoms with Crippen molar-refractivity contribution in [1.29, 1.82) is 0 Å². The van der Waals surface area contributed by atoms with Gasteiger partial charge < -0.3 is 11.1 Å². The number of hydrogen-bond acceptors (Lipinski definition) is 4. The van der Waals surface area contributed by atoms with Crippen molar-refractivity contribution in [3.63, 3.8) is 0 Å². The Kier molecular flexibility index (Phi) is 4.28. The lowest BCUT2D eigenvalue weighted by atomic mass is 10.1. The first-order chi connectivity index (χ1) is 6.63. The lowest BCUT2D eigenvalue weighted by Gasteiger charge is -2.20. The van der Waals surface area contributed by atoms with Crippen LogP contribution in [0.2, 0.25) is 0 Å². The monoisotopic (exact) mass is 258 g/mol. The lowest BCUT2D eigenvalue weighted by molar-refractivity contribution is 0.575. The van der Waals surface area contributed by atoms with Gasteiger partial charge in [-0.25, -0.2) is 9.97 Å². The molecule has 0 saturated carbocycles. The van der Waals surface area contributed by atoms with Gasteiger partial charge in [0.1, 0.15) is 0 Å². The second-order valence-electron chi connectivity index (χ2n) is 3.24. The quantitative estimate of drug-likeness (QED) is 0.865. The van der Waals surface area contributed by atoms with Crippen LogP contribution in [0.4, 0.5) is 5.95 Å². The number of aromatic nitrogens is 2. The van der Waals surface area contributed by atoms with Crippen LogP contribution in [-0.4, -0.2) is 22.1 Å². The standard InChI is InChI=1S/C9H15BrN4/c1-3-8(6(2)11)14-9-12-4-7(10)5-13-9/h4-6,8H,3,11H2,1-2H3,(H,12,13,14). The third-order valence-corrected chi connectivity index (χ3v) is 2.42. The van der Waals surface area contributed by atoms with Crippen molar-refractivity contribution in [3.8, 4) is 0 Å². The second-order valence-corrected chi connectivity index (χ2v) is 4.16. The molecular weight excluding hydrogens is 244 g/mol. The molecule has 0 aromatic carbocycles. The predicted octanol–water partition coefficient (Wildman–Crippen LogP) is 1.78. The van der Waals surface area contributed by atoms with Crippen molar-refractivity contribution in [1.82, 2.24) is 9.97 Å². The van der Waals surface area contributed by atoms with E-state index < -0.39 is 0 Å². The fourth-order valence-electron chi connectivity index (χ4n) is 1.16. The molecule has 1 aromatic rings. The second kappa shape index (κ2) is 5.26. The van der Waals surface area contributed by atoms with E-state index in [-0.39, 0.29) is 12.1 Å². The molecule has 0 aliphatic rings. The molecule has 0 bridgehead atoms. The van der Waals surface area contributed by atoms with Gasteiger partial charge in [-0.05, 0) is 29.3 Å². The van der Waals surface area contributed by atoms with Crippen LogP contribution in [0.1, 0.15) is 20.3 Å². The summed E-state index contributed by atoms with van der Waals surface area (Å²) in [4.78, 5) is 8.25. The Morgan fingerprint density at radius 2 is 2.07 bits per heavy atom. The van der Waals surface area contributed by atoms with Crippen LogP contribution in [0.25, 0.3) is 0 Å². The number of nitrogens with one attached hydrogen (secondary N) is 1. The Morgan fingerprint density at radius 1 is 1.50 bits per heavy atom. The predicted molar refractivity (Wildman–Crippen MR) is 61.1 cm³/mol. The highest BCUT2D eigenvalue weighted by molar-refractivity contribution is 9.10. The molecule has 1 aromatic heterocycles. The molecule has 2 unspecified atom stereocenters. The van der Waals surface area contributed by atoms with E-state index in [0.29, 0.717) is 5.95 Å². The Hall–Kier alpha value is -0.680. The van der Waals surface area contributed by atoms with E-state index in [1.165, 1.54) is 0 Å². The number of rotatable bonds is 4. The highest BCUT2D eigenvalue weighted by Gasteiger charge is 2.11. The molecule has 0 aliphatic heterocycles. The molecular formula is C9H15BrN4. The van der Waals surface area contributed by atoms with Gasteiger partial charge in [-0.3, -0.25) is 0 Å². The minimum absolute atomic E-state index is 0.0900. The smallest absolute Gasteiger partial charge is 0.222 e. The molecule has 5 heteroatoms. The summed E-state index contributed by atoms with van der Waals surface area (Å²) in [5.74, 6) is 0.623. The Balaban J connectivity index is 2.63. The maximum Gasteiger partial charge on any atom is 0.222 e. The van der Waals surface area contributed by atoms with Crippen LogP contribution in [0, 0.1) is 0 Å². The zero-order valence-electron chi connectivity index (χ0n) is 8.37. The van der Waals surface area contributed by atoms with E-state index in [2.05, 4.69) is 38.1 Å². The fourth-order valence-corrected chi connectivity index (χ4v) is 1.36. The highest BCUT2D eigenvalue weighted by Crippen LogP contribution is 2.09. The van der Waals surface area contributed by atoms with Gasteiger partial charge in [0.15, 0.2) is 0 Å². The molecule has 14 heavy (non-hydrogen) atoms. The number of anilines is 1. The normalized spacial score (nSPS) is 14.9. The van der Waals surface area contributed by atoms with E-state index >= 15 is 0 Å². The summed E-state index contributed by atoms with van der Waals surface area (Å²) in [5, 5.41) is 3.19. The maximum atomic E-state index is 5.80. The molecule has 0 radical (unpaired) electrons. The highest BCUT2D eigenvalue weighted by atomic mass is 79.9. The summed E-state index contributed by atoms with van der Waals surface area (Å²) in [6.07, 6.45) is 4.38. The van der Waals surface area contributed by atoms with E-state index in [9.17, 15) is 0 Å². The maximum absolute atomic E-state index is 5.80. The molecule has 4 nitrogen and oxygen atoms in total. The van der Waals surface area contributed by atoms with E-state index in [1.54, 1.807) is 12.4 Å². The zero-order chi connectivity index (χ0) is 10.6. The van der Waals surface area contributed by atoms with Crippen LogP contribution in [0.5, 0.6) is 0 Å². The van der Waals surface area contributed by atoms with E-state index in [1.807, 2.05) is 6.92 Å². The molecule has 3 N–H and O–H groups in total. The van der Waals surface area contributed by atoms with Crippen LogP contribution < -0.4 is 11.1 Å². The molecule has 1 heterocycles. The molecule has 2 atom stereocenters. The van der Waals surface area contributed by atoms with E-state index in [4.69, 9.17) is 5.73 Å². The number of nitrogens with two attached hydrogens (primary N) is 1. The molecule has 0 amide bonds. The van der Waals surface area contributed by atoms with Gasteiger partial charge in [0.05, 0.1) is 4.47 Å². The van der Waals surface area contributed by atoms with Gasteiger partial charge in [-0.2, -0.15) is 0 Å². The van der Waals surface area contributed by atoms with Crippen molar-refractivity contribution in [2.75, 3.05) is 5.32 Å². The molecule has 0 saturated heterocycles. The molecule has 78 valence electrons. The summed E-state index contributed by atoms with van der Waals surface area (Å²) < 4.78 is 0.872. The summed E-state index contributed by atoms with van der Waals surface area (Å²) in [6.45, 7) is 4.06. The minimum Gasteiger partial charge on any atom is -0.350 e. The summed E-state index contributed by atoms with van der Waals surface area (Å²) in [6, 6.07) is 0.309. The Morgan fingerprint density at radius 3 is 2.50 bits per heavy atom. The average Bonchev–Trinajstić information content (AvgIpc) is 2.16. The number of nitrogens with zero attached hydrogens (tertiary/aromatic N) is 2. The van der Waals surface area contributed by atoms with E-state index in [0.717, 1.165) is 10.9 Å². The first kappa shape index (κ1) is 11.4. The zero-order valence-corrected chi connectivity index (χ0v) is 9.95. The molecule has 0 spiro atoms. The topological polar surface area (TPSA) is 63.8 Å². The van der Waals surface area contributed by atoms with Crippen molar-refractivity contribution >= 4 is 21.9 Å². The first-order valence-corrected chi connectivity index (χ1v) is 5.42. The third kappa shape index (κ3) is 3.23. The largest absolute Gasteiger partial charge is 0.350 e. The summed E-state index contributed by atoms with van der Waals surface area (Å²) >= 11 is 3.28. The van der Waals surface area contributed by atoms with Gasteiger partial charge in [-0.15, -0.1) is 0 Å². The summed E-state index contributed by atoms with van der Waals surface area (Å²) in [7, 11) is 0. The van der Waals surface area contributed by atoms with Crippen LogP contribution in [0.3, 0.4) is 0 Å². The van der Waals surface area contributed by atoms with Crippen LogP contribution in [0.15, 0.2) is 16.9 Å². The van der Waals surface area contributed by atoms with Gasteiger partial charge in [0, 0.05) is 24.5 Å². The Labute approximate surface area is 92.5 Å². The molecule has 1 rings (SSSR count). The van der Waals surface area contributed by atoms with Crippen molar-refractivity contribution in [2.24, 2.45) is 5.73 Å². The van der Waals surface area contributed by atoms with Gasteiger partial charge >= 0.3 is 0 Å². The SMILES string of the molecule is CCC(Nc1ncc(Br)cn1)C(C)N. The average molecular weight is 259 g/mol. The summed E-state index contributed by atoms with van der Waals surface area (Å²) in [5.41, 5.74) is 5.80. The van der Waals surface area contributed by atoms with Crippen molar-refractivity contribution in [3.05, 3.63) is 16.9 Å². The first-order valence-electron chi connectivity index (χ1n) is 4.63. The van der Waals surface area contributed by atoms with Crippen molar-refractivity contribution < 1.29 is 0 Å². The van der Waals surface area contributed by atoms with Crippen LogP contribution in [-0.2, 0) is 0 Å². The van der Waals surface area contributed by atoms with Crippen molar-refractivity contribution in [2.45, 2.75) is 32.4 Å². The fraction of sp³-hybridized carbons (Fsp3) is 0.556.